The number of pyridine rings is 1. The number of nitrogens with one attached hydrogen (secondary N) is 1. The van der Waals surface area contributed by atoms with Gasteiger partial charge in [0.25, 0.3) is 0 Å². The second kappa shape index (κ2) is 7.38. The Kier molecular flexibility index (Phi) is 5.18. The van der Waals surface area contributed by atoms with Crippen molar-refractivity contribution < 1.29 is 4.79 Å². The lowest BCUT2D eigenvalue weighted by Crippen LogP contribution is -2.30. The van der Waals surface area contributed by atoms with Gasteiger partial charge in [-0.2, -0.15) is 5.10 Å². The van der Waals surface area contributed by atoms with E-state index in [9.17, 15) is 4.79 Å². The Labute approximate surface area is 161 Å². The first-order valence-corrected chi connectivity index (χ1v) is 9.14. The van der Waals surface area contributed by atoms with Gasteiger partial charge in [-0.25, -0.2) is 4.98 Å². The maximum Gasteiger partial charge on any atom is 0.190 e. The number of anilines is 1. The third-order valence-corrected chi connectivity index (χ3v) is 4.41. The minimum Gasteiger partial charge on any atom is -0.292 e. The van der Waals surface area contributed by atoms with Crippen molar-refractivity contribution in [3.8, 4) is 0 Å². The van der Waals surface area contributed by atoms with E-state index in [4.69, 9.17) is 0 Å². The van der Waals surface area contributed by atoms with Crippen LogP contribution in [0.3, 0.4) is 0 Å². The van der Waals surface area contributed by atoms with Gasteiger partial charge in [-0.3, -0.25) is 10.2 Å². The van der Waals surface area contributed by atoms with Crippen molar-refractivity contribution in [2.45, 2.75) is 20.8 Å². The van der Waals surface area contributed by atoms with E-state index < -0.39 is 5.41 Å². The Balaban J connectivity index is 2.02. The van der Waals surface area contributed by atoms with Crippen LogP contribution in [0.25, 0.3) is 10.9 Å². The van der Waals surface area contributed by atoms with Crippen LogP contribution >= 0.6 is 15.9 Å². The highest BCUT2D eigenvalue weighted by Gasteiger charge is 2.28. The van der Waals surface area contributed by atoms with Crippen molar-refractivity contribution in [1.29, 1.82) is 0 Å². The number of hydrogen-bond donors (Lipinski definition) is 1. The normalized spacial score (nSPS) is 12.2. The fourth-order valence-corrected chi connectivity index (χ4v) is 2.69. The molecule has 0 aliphatic rings. The van der Waals surface area contributed by atoms with Crippen molar-refractivity contribution in [3.05, 3.63) is 70.8 Å². The molecule has 0 unspecified atom stereocenters. The summed E-state index contributed by atoms with van der Waals surface area (Å²) >= 11 is 3.41. The molecule has 0 saturated heterocycles. The average molecular weight is 410 g/mol. The van der Waals surface area contributed by atoms with Gasteiger partial charge in [0.05, 0.1) is 16.9 Å². The largest absolute Gasteiger partial charge is 0.292 e. The van der Waals surface area contributed by atoms with E-state index in [0.717, 1.165) is 21.1 Å². The summed E-state index contributed by atoms with van der Waals surface area (Å²) in [7, 11) is 0. The number of fused-ring (bicyclic) bond motifs is 1. The van der Waals surface area contributed by atoms with Gasteiger partial charge in [0.1, 0.15) is 0 Å². The molecule has 1 N–H and O–H groups in total. The molecule has 4 nitrogen and oxygen atoms in total. The van der Waals surface area contributed by atoms with Gasteiger partial charge in [0.15, 0.2) is 11.5 Å². The van der Waals surface area contributed by atoms with E-state index in [1.165, 1.54) is 0 Å². The highest BCUT2D eigenvalue weighted by atomic mass is 79.9. The first-order valence-electron chi connectivity index (χ1n) is 8.35. The molecule has 26 heavy (non-hydrogen) atoms. The molecule has 3 aromatic rings. The van der Waals surface area contributed by atoms with Crippen LogP contribution in [-0.2, 0) is 4.79 Å². The van der Waals surface area contributed by atoms with E-state index in [-0.39, 0.29) is 5.78 Å². The number of hydrazone groups is 1. The molecule has 0 amide bonds. The minimum atomic E-state index is -0.562. The van der Waals surface area contributed by atoms with Gasteiger partial charge in [0, 0.05) is 15.3 Å². The Hall–Kier alpha value is -2.53. The third-order valence-electron chi connectivity index (χ3n) is 3.88. The zero-order chi connectivity index (χ0) is 18.7. The van der Waals surface area contributed by atoms with Crippen LogP contribution in [0, 0.1) is 5.41 Å². The Bertz CT molecular complexity index is 972. The van der Waals surface area contributed by atoms with Crippen molar-refractivity contribution >= 4 is 44.0 Å². The first kappa shape index (κ1) is 18.3. The second-order valence-electron chi connectivity index (χ2n) is 7.05. The lowest BCUT2D eigenvalue weighted by Gasteiger charge is -2.18. The molecule has 2 aromatic carbocycles. The molecule has 0 bridgehead atoms. The number of rotatable bonds is 4. The molecule has 3 rings (SSSR count). The lowest BCUT2D eigenvalue weighted by molar-refractivity contribution is -0.119. The van der Waals surface area contributed by atoms with Gasteiger partial charge in [0.2, 0.25) is 0 Å². The second-order valence-corrected chi connectivity index (χ2v) is 7.96. The van der Waals surface area contributed by atoms with E-state index in [1.807, 2.05) is 81.4 Å². The maximum absolute atomic E-state index is 13.0. The molecule has 5 heteroatoms. The molecule has 132 valence electrons. The topological polar surface area (TPSA) is 54.4 Å². The van der Waals surface area contributed by atoms with Gasteiger partial charge in [-0.05, 0) is 36.4 Å². The van der Waals surface area contributed by atoms with E-state index >= 15 is 0 Å². The maximum atomic E-state index is 13.0. The zero-order valence-corrected chi connectivity index (χ0v) is 16.5. The quantitative estimate of drug-likeness (QED) is 0.461. The number of carbonyl (C=O) groups excluding carboxylic acids is 1. The predicted octanol–water partition coefficient (Wildman–Crippen LogP) is 5.43. The molecule has 0 aliphatic heterocycles. The first-order chi connectivity index (χ1) is 12.3. The van der Waals surface area contributed by atoms with Crippen LogP contribution in [0.5, 0.6) is 0 Å². The summed E-state index contributed by atoms with van der Waals surface area (Å²) in [4.78, 5) is 17.6. The fraction of sp³-hybridized carbons (Fsp3) is 0.190. The standard InChI is InChI=1S/C21H20BrN3O/c1-21(2,3)20(26)19(25-24-16-11-9-15(22)10-12-16)18-13-8-14-6-4-5-7-17(14)23-18/h4-13,24H,1-3H3/b25-19+. The molecular formula is C21H20BrN3O. The zero-order valence-electron chi connectivity index (χ0n) is 15.0. The smallest absolute Gasteiger partial charge is 0.190 e. The SMILES string of the molecule is CC(C)(C)C(=O)/C(=N/Nc1ccc(Br)cc1)c1ccc2ccccc2n1. The number of para-hydroxylation sites is 1. The molecule has 0 aliphatic carbocycles. The van der Waals surface area contributed by atoms with Crippen molar-refractivity contribution in [2.75, 3.05) is 5.43 Å². The summed E-state index contributed by atoms with van der Waals surface area (Å²) in [5, 5.41) is 5.43. The highest BCUT2D eigenvalue weighted by molar-refractivity contribution is 9.10. The van der Waals surface area contributed by atoms with Gasteiger partial charge in [-0.1, -0.05) is 61.0 Å². The summed E-state index contributed by atoms with van der Waals surface area (Å²) in [6.45, 7) is 5.64. The van der Waals surface area contributed by atoms with Crippen LogP contribution in [0.4, 0.5) is 5.69 Å². The number of ketones is 1. The summed E-state index contributed by atoms with van der Waals surface area (Å²) in [5.74, 6) is -0.0649. The van der Waals surface area contributed by atoms with Gasteiger partial charge < -0.3 is 0 Å². The van der Waals surface area contributed by atoms with Crippen LogP contribution in [0.15, 0.2) is 70.2 Å². The number of benzene rings is 2. The van der Waals surface area contributed by atoms with Gasteiger partial charge >= 0.3 is 0 Å². The molecule has 0 spiro atoms. The van der Waals surface area contributed by atoms with E-state index in [2.05, 4.69) is 31.4 Å². The average Bonchev–Trinajstić information content (AvgIpc) is 2.62. The number of nitrogens with zero attached hydrogens (tertiary/aromatic N) is 2. The number of aromatic nitrogens is 1. The van der Waals surface area contributed by atoms with Crippen molar-refractivity contribution in [3.63, 3.8) is 0 Å². The highest BCUT2D eigenvalue weighted by Crippen LogP contribution is 2.21. The Morgan fingerprint density at radius 2 is 1.69 bits per heavy atom. The molecular weight excluding hydrogens is 390 g/mol. The third kappa shape index (κ3) is 4.17. The molecule has 0 saturated carbocycles. The van der Waals surface area contributed by atoms with E-state index in [1.54, 1.807) is 0 Å². The lowest BCUT2D eigenvalue weighted by atomic mass is 9.87. The van der Waals surface area contributed by atoms with Crippen LogP contribution in [0.1, 0.15) is 26.5 Å². The summed E-state index contributed by atoms with van der Waals surface area (Å²) in [6, 6.07) is 19.2. The summed E-state index contributed by atoms with van der Waals surface area (Å²) < 4.78 is 0.981. The van der Waals surface area contributed by atoms with Gasteiger partial charge in [-0.15, -0.1) is 0 Å². The number of carbonyl (C=O) groups is 1. The molecule has 1 heterocycles. The molecule has 0 atom stereocenters. The number of hydrogen-bond acceptors (Lipinski definition) is 4. The summed E-state index contributed by atoms with van der Waals surface area (Å²) in [6.07, 6.45) is 0. The van der Waals surface area contributed by atoms with Crippen molar-refractivity contribution in [1.82, 2.24) is 4.98 Å². The van der Waals surface area contributed by atoms with Crippen LogP contribution < -0.4 is 5.43 Å². The number of halogens is 1. The van der Waals surface area contributed by atoms with Crippen molar-refractivity contribution in [2.24, 2.45) is 10.5 Å². The monoisotopic (exact) mass is 409 g/mol. The molecule has 0 radical (unpaired) electrons. The molecule has 1 aromatic heterocycles. The fourth-order valence-electron chi connectivity index (χ4n) is 2.42. The Morgan fingerprint density at radius 1 is 1.00 bits per heavy atom. The van der Waals surface area contributed by atoms with E-state index in [0.29, 0.717) is 11.4 Å². The predicted molar refractivity (Wildman–Crippen MR) is 111 cm³/mol. The van der Waals surface area contributed by atoms with Crippen LogP contribution in [-0.4, -0.2) is 16.5 Å². The Morgan fingerprint density at radius 3 is 2.38 bits per heavy atom. The molecule has 0 fully saturated rings. The number of Topliss-reactive ketones (excluding diaryl/α,β-unsaturated/α-hetero) is 1. The minimum absolute atomic E-state index is 0.0649. The summed E-state index contributed by atoms with van der Waals surface area (Å²) in [5.41, 5.74) is 4.94. The van der Waals surface area contributed by atoms with Crippen LogP contribution in [0.2, 0.25) is 0 Å².